The molecule has 0 aliphatic carbocycles. The molecule has 0 saturated heterocycles. The first-order valence-corrected chi connectivity index (χ1v) is 15.7. The molecule has 0 radical (unpaired) electrons. The maximum atomic E-state index is 5.12. The maximum Gasteiger partial charge on any atom is 0.238 e. The summed E-state index contributed by atoms with van der Waals surface area (Å²) in [5.74, 6) is 1.88. The quantitative estimate of drug-likeness (QED) is 0.200. The van der Waals surface area contributed by atoms with E-state index in [0.29, 0.717) is 17.6 Å². The summed E-state index contributed by atoms with van der Waals surface area (Å²) in [5, 5.41) is 4.70. The molecule has 5 nitrogen and oxygen atoms in total. The molecule has 3 aromatic heterocycles. The Morgan fingerprint density at radius 1 is 0.435 bits per heavy atom. The lowest BCUT2D eigenvalue weighted by Gasteiger charge is -2.11. The van der Waals surface area contributed by atoms with Crippen molar-refractivity contribution in [2.45, 2.75) is 13.3 Å². The van der Waals surface area contributed by atoms with Gasteiger partial charge in [-0.15, -0.1) is 0 Å². The van der Waals surface area contributed by atoms with Crippen LogP contribution in [0.5, 0.6) is 0 Å². The molecule has 6 aromatic carbocycles. The zero-order valence-corrected chi connectivity index (χ0v) is 25.3. The lowest BCUT2D eigenvalue weighted by atomic mass is 10.1. The van der Waals surface area contributed by atoms with Crippen molar-refractivity contribution in [2.75, 3.05) is 0 Å². The van der Waals surface area contributed by atoms with Crippen molar-refractivity contribution in [3.05, 3.63) is 151 Å². The summed E-state index contributed by atoms with van der Waals surface area (Å²) in [6.45, 7) is 2.19. The average molecular weight is 592 g/mol. The van der Waals surface area contributed by atoms with Crippen LogP contribution in [0.25, 0.3) is 78.0 Å². The van der Waals surface area contributed by atoms with Gasteiger partial charge >= 0.3 is 0 Å². The number of para-hydroxylation sites is 2. The largest absolute Gasteiger partial charge is 0.309 e. The van der Waals surface area contributed by atoms with E-state index in [0.717, 1.165) is 45.0 Å². The van der Waals surface area contributed by atoms with Crippen LogP contribution in [0.15, 0.2) is 146 Å². The second-order valence-corrected chi connectivity index (χ2v) is 11.6. The molecule has 0 bridgehead atoms. The Morgan fingerprint density at radius 2 is 0.913 bits per heavy atom. The van der Waals surface area contributed by atoms with Gasteiger partial charge in [0.1, 0.15) is 0 Å². The summed E-state index contributed by atoms with van der Waals surface area (Å²) in [6, 6.07) is 51.1. The van der Waals surface area contributed by atoms with Gasteiger partial charge in [-0.2, -0.15) is 9.97 Å². The van der Waals surface area contributed by atoms with Crippen LogP contribution in [0, 0.1) is 0 Å². The number of aromatic nitrogens is 5. The molecule has 46 heavy (non-hydrogen) atoms. The van der Waals surface area contributed by atoms with E-state index in [1.54, 1.807) is 0 Å². The summed E-state index contributed by atoms with van der Waals surface area (Å²) in [4.78, 5) is 15.2. The van der Waals surface area contributed by atoms with Gasteiger partial charge < -0.3 is 4.57 Å². The minimum absolute atomic E-state index is 0.595. The monoisotopic (exact) mass is 591 g/mol. The Morgan fingerprint density at radius 3 is 1.46 bits per heavy atom. The zero-order chi connectivity index (χ0) is 30.6. The maximum absolute atomic E-state index is 5.12. The highest BCUT2D eigenvalue weighted by Gasteiger charge is 2.21. The molecule has 218 valence electrons. The highest BCUT2D eigenvalue weighted by molar-refractivity contribution is 6.18. The van der Waals surface area contributed by atoms with Crippen LogP contribution in [0.2, 0.25) is 0 Å². The highest BCUT2D eigenvalue weighted by Crippen LogP contribution is 2.39. The summed E-state index contributed by atoms with van der Waals surface area (Å²) in [6.07, 6.45) is 1.02. The van der Waals surface area contributed by atoms with Gasteiger partial charge in [0, 0.05) is 38.4 Å². The Kier molecular flexibility index (Phi) is 6.03. The molecule has 0 amide bonds. The van der Waals surface area contributed by atoms with E-state index in [2.05, 4.69) is 101 Å². The summed E-state index contributed by atoms with van der Waals surface area (Å²) >= 11 is 0. The molecule has 5 heteroatoms. The molecule has 0 unspecified atom stereocenters. The molecular formula is C41H29N5. The fourth-order valence-electron chi connectivity index (χ4n) is 6.70. The van der Waals surface area contributed by atoms with Crippen LogP contribution in [-0.2, 0) is 6.42 Å². The third-order valence-electron chi connectivity index (χ3n) is 8.96. The third-order valence-corrected chi connectivity index (χ3v) is 8.96. The number of nitrogens with zero attached hydrogens (tertiary/aromatic N) is 5. The highest BCUT2D eigenvalue weighted by atomic mass is 15.2. The van der Waals surface area contributed by atoms with Crippen molar-refractivity contribution >= 4 is 43.6 Å². The molecule has 0 aliphatic rings. The van der Waals surface area contributed by atoms with Crippen LogP contribution in [0.4, 0.5) is 0 Å². The Bertz CT molecular complexity index is 2490. The average Bonchev–Trinajstić information content (AvgIpc) is 3.63. The third kappa shape index (κ3) is 4.13. The van der Waals surface area contributed by atoms with E-state index < -0.39 is 0 Å². The molecule has 0 saturated carbocycles. The van der Waals surface area contributed by atoms with Crippen LogP contribution in [0.1, 0.15) is 12.5 Å². The van der Waals surface area contributed by atoms with Crippen LogP contribution in [0.3, 0.4) is 0 Å². The normalized spacial score (nSPS) is 11.7. The Balaban J connectivity index is 1.38. The molecule has 0 fully saturated rings. The second kappa shape index (κ2) is 10.5. The zero-order valence-electron chi connectivity index (χ0n) is 25.3. The summed E-state index contributed by atoms with van der Waals surface area (Å²) in [5.41, 5.74) is 8.85. The van der Waals surface area contributed by atoms with Crippen molar-refractivity contribution < 1.29 is 0 Å². The first-order chi connectivity index (χ1) is 22.8. The van der Waals surface area contributed by atoms with Crippen molar-refractivity contribution in [3.63, 3.8) is 0 Å². The van der Waals surface area contributed by atoms with Crippen molar-refractivity contribution in [2.24, 2.45) is 0 Å². The molecule has 3 heterocycles. The molecular weight excluding hydrogens is 562 g/mol. The van der Waals surface area contributed by atoms with Gasteiger partial charge in [0.05, 0.1) is 22.1 Å². The number of benzene rings is 6. The van der Waals surface area contributed by atoms with Gasteiger partial charge in [-0.3, -0.25) is 4.57 Å². The van der Waals surface area contributed by atoms with Gasteiger partial charge in [0.2, 0.25) is 5.95 Å². The molecule has 0 spiro atoms. The van der Waals surface area contributed by atoms with E-state index in [1.807, 2.05) is 60.7 Å². The second-order valence-electron chi connectivity index (χ2n) is 11.6. The molecule has 0 aliphatic heterocycles. The Labute approximate surface area is 266 Å². The van der Waals surface area contributed by atoms with Crippen LogP contribution in [-0.4, -0.2) is 24.1 Å². The minimum Gasteiger partial charge on any atom is -0.309 e. The van der Waals surface area contributed by atoms with Crippen molar-refractivity contribution in [1.29, 1.82) is 0 Å². The van der Waals surface area contributed by atoms with Crippen molar-refractivity contribution in [3.8, 4) is 34.4 Å². The van der Waals surface area contributed by atoms with Gasteiger partial charge in [0.15, 0.2) is 11.6 Å². The van der Waals surface area contributed by atoms with Gasteiger partial charge in [-0.05, 0) is 48.4 Å². The smallest absolute Gasteiger partial charge is 0.238 e. The standard InChI is InChI=1S/C41H29N5/c1-2-27-21-23-30(24-22-27)45-35-19-11-9-17-31(35)33-26-38-34(25-37(33)45)32-18-10-12-20-36(32)46(38)41-43-39(28-13-5-3-6-14-28)42-40(44-41)29-15-7-4-8-16-29/h3-26H,2H2,1H3. The predicted octanol–water partition coefficient (Wildman–Crippen LogP) is 9.96. The number of fused-ring (bicyclic) bond motifs is 6. The molecule has 9 aromatic rings. The molecule has 0 N–H and O–H groups in total. The number of hydrogen-bond acceptors (Lipinski definition) is 3. The summed E-state index contributed by atoms with van der Waals surface area (Å²) in [7, 11) is 0. The van der Waals surface area contributed by atoms with Crippen molar-refractivity contribution in [1.82, 2.24) is 24.1 Å². The fraction of sp³-hybridized carbons (Fsp3) is 0.0488. The first-order valence-electron chi connectivity index (χ1n) is 15.7. The number of aryl methyl sites for hydroxylation is 1. The number of rotatable bonds is 5. The fourth-order valence-corrected chi connectivity index (χ4v) is 6.70. The van der Waals surface area contributed by atoms with Crippen LogP contribution >= 0.6 is 0 Å². The minimum atomic E-state index is 0.595. The Hall–Kier alpha value is -6.07. The van der Waals surface area contributed by atoms with E-state index in [-0.39, 0.29) is 0 Å². The first kappa shape index (κ1) is 26.3. The van der Waals surface area contributed by atoms with Crippen LogP contribution < -0.4 is 0 Å². The lowest BCUT2D eigenvalue weighted by Crippen LogP contribution is -2.06. The van der Waals surface area contributed by atoms with Gasteiger partial charge in [0.25, 0.3) is 0 Å². The van der Waals surface area contributed by atoms with E-state index >= 15 is 0 Å². The summed E-state index contributed by atoms with van der Waals surface area (Å²) < 4.78 is 4.59. The van der Waals surface area contributed by atoms with Gasteiger partial charge in [-0.25, -0.2) is 4.98 Å². The van der Waals surface area contributed by atoms with Gasteiger partial charge in [-0.1, -0.05) is 116 Å². The van der Waals surface area contributed by atoms with E-state index in [1.165, 1.54) is 27.4 Å². The lowest BCUT2D eigenvalue weighted by molar-refractivity contribution is 0.954. The van der Waals surface area contributed by atoms with E-state index in [9.17, 15) is 0 Å². The molecule has 9 rings (SSSR count). The SMILES string of the molecule is CCc1ccc(-n2c3ccccc3c3cc4c(cc32)c2ccccc2n4-c2nc(-c3ccccc3)nc(-c3ccccc3)n2)cc1. The number of hydrogen-bond donors (Lipinski definition) is 0. The van der Waals surface area contributed by atoms with E-state index in [4.69, 9.17) is 15.0 Å². The molecule has 0 atom stereocenters. The predicted molar refractivity (Wildman–Crippen MR) is 189 cm³/mol. The topological polar surface area (TPSA) is 48.5 Å².